The first-order chi connectivity index (χ1) is 8.76. The average Bonchev–Trinajstić information content (AvgIpc) is 2.29. The van der Waals surface area contributed by atoms with Crippen LogP contribution in [0.4, 0.5) is 4.39 Å². The van der Waals surface area contributed by atoms with Crippen molar-refractivity contribution in [2.75, 3.05) is 20.1 Å². The molecule has 1 rings (SSSR count). The second-order valence-corrected chi connectivity index (χ2v) is 6.15. The molecule has 3 heteroatoms. The van der Waals surface area contributed by atoms with Gasteiger partial charge in [-0.2, -0.15) is 0 Å². The third-order valence-electron chi connectivity index (χ3n) is 2.73. The maximum atomic E-state index is 12.8. The first-order valence-corrected chi connectivity index (χ1v) is 6.61. The summed E-state index contributed by atoms with van der Waals surface area (Å²) in [7, 11) is 2.05. The normalized spacial score (nSPS) is 11.9. The molecule has 0 heterocycles. The van der Waals surface area contributed by atoms with Crippen molar-refractivity contribution in [2.24, 2.45) is 0 Å². The SMILES string of the molecule is C=C(CNC(C)(C)C)CN(C)Cc1ccc(F)cc1. The zero-order valence-electron chi connectivity index (χ0n) is 12.5. The van der Waals surface area contributed by atoms with Gasteiger partial charge in [-0.05, 0) is 51.1 Å². The van der Waals surface area contributed by atoms with Gasteiger partial charge in [-0.3, -0.25) is 4.90 Å². The molecule has 1 N–H and O–H groups in total. The van der Waals surface area contributed by atoms with E-state index in [0.717, 1.165) is 30.8 Å². The van der Waals surface area contributed by atoms with Crippen molar-refractivity contribution in [3.05, 3.63) is 47.8 Å². The molecule has 0 spiro atoms. The van der Waals surface area contributed by atoms with E-state index in [9.17, 15) is 4.39 Å². The van der Waals surface area contributed by atoms with Gasteiger partial charge in [0.15, 0.2) is 0 Å². The summed E-state index contributed by atoms with van der Waals surface area (Å²) in [5, 5.41) is 3.42. The molecule has 1 aromatic rings. The van der Waals surface area contributed by atoms with Crippen molar-refractivity contribution in [3.63, 3.8) is 0 Å². The standard InChI is InChI=1S/C16H25FN2/c1-13(10-18-16(2,3)4)11-19(5)12-14-6-8-15(17)9-7-14/h6-9,18H,1,10-12H2,2-5H3. The molecule has 0 saturated carbocycles. The largest absolute Gasteiger partial charge is 0.308 e. The first kappa shape index (κ1) is 15.9. The van der Waals surface area contributed by atoms with E-state index in [2.05, 4.69) is 37.6 Å². The van der Waals surface area contributed by atoms with Gasteiger partial charge in [-0.25, -0.2) is 4.39 Å². The predicted molar refractivity (Wildman–Crippen MR) is 79.6 cm³/mol. The van der Waals surface area contributed by atoms with Crippen LogP contribution in [-0.4, -0.2) is 30.6 Å². The number of benzene rings is 1. The summed E-state index contributed by atoms with van der Waals surface area (Å²) < 4.78 is 12.8. The van der Waals surface area contributed by atoms with Crippen molar-refractivity contribution in [3.8, 4) is 0 Å². The highest BCUT2D eigenvalue weighted by molar-refractivity contribution is 5.16. The third-order valence-corrected chi connectivity index (χ3v) is 2.73. The second kappa shape index (κ2) is 6.83. The number of nitrogens with one attached hydrogen (secondary N) is 1. The Kier molecular flexibility index (Phi) is 5.70. The molecule has 0 unspecified atom stereocenters. The van der Waals surface area contributed by atoms with Gasteiger partial charge in [-0.15, -0.1) is 0 Å². The van der Waals surface area contributed by atoms with Gasteiger partial charge in [0, 0.05) is 25.2 Å². The average molecular weight is 264 g/mol. The van der Waals surface area contributed by atoms with Crippen LogP contribution in [-0.2, 0) is 6.54 Å². The highest BCUT2D eigenvalue weighted by Crippen LogP contribution is 2.07. The van der Waals surface area contributed by atoms with E-state index in [1.54, 1.807) is 0 Å². The van der Waals surface area contributed by atoms with Crippen molar-refractivity contribution in [1.29, 1.82) is 0 Å². The molecule has 0 aliphatic rings. The van der Waals surface area contributed by atoms with Gasteiger partial charge < -0.3 is 5.32 Å². The molecule has 0 fully saturated rings. The Morgan fingerprint density at radius 1 is 1.26 bits per heavy atom. The lowest BCUT2D eigenvalue weighted by Crippen LogP contribution is -2.38. The summed E-state index contributed by atoms with van der Waals surface area (Å²) in [6.45, 7) is 13.0. The molecule has 0 radical (unpaired) electrons. The van der Waals surface area contributed by atoms with Gasteiger partial charge in [-0.1, -0.05) is 18.7 Å². The molecule has 0 aliphatic heterocycles. The van der Waals surface area contributed by atoms with Gasteiger partial charge in [0.05, 0.1) is 0 Å². The van der Waals surface area contributed by atoms with E-state index in [1.807, 2.05) is 19.2 Å². The zero-order valence-corrected chi connectivity index (χ0v) is 12.5. The molecule has 0 atom stereocenters. The van der Waals surface area contributed by atoms with Gasteiger partial charge in [0.1, 0.15) is 5.82 Å². The molecule has 19 heavy (non-hydrogen) atoms. The summed E-state index contributed by atoms with van der Waals surface area (Å²) in [5.74, 6) is -0.190. The van der Waals surface area contributed by atoms with Crippen molar-refractivity contribution < 1.29 is 4.39 Å². The maximum absolute atomic E-state index is 12.8. The summed E-state index contributed by atoms with van der Waals surface area (Å²) in [6, 6.07) is 6.64. The van der Waals surface area contributed by atoms with Crippen LogP contribution in [0, 0.1) is 5.82 Å². The van der Waals surface area contributed by atoms with Crippen molar-refractivity contribution in [1.82, 2.24) is 10.2 Å². The lowest BCUT2D eigenvalue weighted by atomic mass is 10.1. The molecule has 0 saturated heterocycles. The monoisotopic (exact) mass is 264 g/mol. The lowest BCUT2D eigenvalue weighted by Gasteiger charge is -2.23. The molecular weight excluding hydrogens is 239 g/mol. The number of rotatable bonds is 6. The fourth-order valence-corrected chi connectivity index (χ4v) is 1.79. The molecule has 2 nitrogen and oxygen atoms in total. The van der Waals surface area contributed by atoms with Gasteiger partial charge in [0.2, 0.25) is 0 Å². The van der Waals surface area contributed by atoms with Crippen LogP contribution in [0.5, 0.6) is 0 Å². The van der Waals surface area contributed by atoms with Crippen LogP contribution >= 0.6 is 0 Å². The number of hydrogen-bond acceptors (Lipinski definition) is 2. The van der Waals surface area contributed by atoms with Crippen LogP contribution in [0.3, 0.4) is 0 Å². The Bertz CT molecular complexity index is 404. The zero-order chi connectivity index (χ0) is 14.5. The summed E-state index contributed by atoms with van der Waals surface area (Å²) in [4.78, 5) is 2.18. The quantitative estimate of drug-likeness (QED) is 0.794. The smallest absolute Gasteiger partial charge is 0.123 e. The van der Waals surface area contributed by atoms with E-state index in [-0.39, 0.29) is 11.4 Å². The minimum absolute atomic E-state index is 0.110. The van der Waals surface area contributed by atoms with E-state index >= 15 is 0 Å². The maximum Gasteiger partial charge on any atom is 0.123 e. The van der Waals surface area contributed by atoms with Gasteiger partial charge in [0.25, 0.3) is 0 Å². The number of nitrogens with zero attached hydrogens (tertiary/aromatic N) is 1. The summed E-state index contributed by atoms with van der Waals surface area (Å²) in [5.41, 5.74) is 2.37. The molecule has 1 aromatic carbocycles. The summed E-state index contributed by atoms with van der Waals surface area (Å²) >= 11 is 0. The fraction of sp³-hybridized carbons (Fsp3) is 0.500. The highest BCUT2D eigenvalue weighted by atomic mass is 19.1. The Morgan fingerprint density at radius 2 is 1.84 bits per heavy atom. The Balaban J connectivity index is 2.36. The van der Waals surface area contributed by atoms with Crippen LogP contribution in [0.25, 0.3) is 0 Å². The van der Waals surface area contributed by atoms with Crippen molar-refractivity contribution >= 4 is 0 Å². The van der Waals surface area contributed by atoms with Crippen LogP contribution in [0.2, 0.25) is 0 Å². The van der Waals surface area contributed by atoms with Crippen LogP contribution < -0.4 is 5.32 Å². The van der Waals surface area contributed by atoms with E-state index < -0.39 is 0 Å². The molecule has 106 valence electrons. The van der Waals surface area contributed by atoms with Crippen molar-refractivity contribution in [2.45, 2.75) is 32.9 Å². The number of hydrogen-bond donors (Lipinski definition) is 1. The Labute approximate surface area is 116 Å². The minimum Gasteiger partial charge on any atom is -0.308 e. The van der Waals surface area contributed by atoms with Crippen LogP contribution in [0.1, 0.15) is 26.3 Å². The van der Waals surface area contributed by atoms with E-state index in [4.69, 9.17) is 0 Å². The second-order valence-electron chi connectivity index (χ2n) is 6.15. The molecule has 0 amide bonds. The Morgan fingerprint density at radius 3 is 2.37 bits per heavy atom. The predicted octanol–water partition coefficient (Wildman–Crippen LogP) is 3.20. The minimum atomic E-state index is -0.190. The van der Waals surface area contributed by atoms with Gasteiger partial charge >= 0.3 is 0 Å². The number of likely N-dealkylation sites (N-methyl/N-ethyl adjacent to an activating group) is 1. The van der Waals surface area contributed by atoms with E-state index in [0.29, 0.717) is 0 Å². The van der Waals surface area contributed by atoms with E-state index in [1.165, 1.54) is 12.1 Å². The number of halogens is 1. The third kappa shape index (κ3) is 7.09. The summed E-state index contributed by atoms with van der Waals surface area (Å²) in [6.07, 6.45) is 0. The molecule has 0 aromatic heterocycles. The van der Waals surface area contributed by atoms with Crippen LogP contribution in [0.15, 0.2) is 36.4 Å². The molecule has 0 aliphatic carbocycles. The Hall–Kier alpha value is -1.19. The molecular formula is C16H25FN2. The molecule has 0 bridgehead atoms. The fourth-order valence-electron chi connectivity index (χ4n) is 1.79. The first-order valence-electron chi connectivity index (χ1n) is 6.61. The topological polar surface area (TPSA) is 15.3 Å². The lowest BCUT2D eigenvalue weighted by molar-refractivity contribution is 0.346. The highest BCUT2D eigenvalue weighted by Gasteiger charge is 2.09.